The Morgan fingerprint density at radius 2 is 2.12 bits per heavy atom. The van der Waals surface area contributed by atoms with Gasteiger partial charge in [-0.25, -0.2) is 0 Å². The van der Waals surface area contributed by atoms with Crippen molar-refractivity contribution in [3.05, 3.63) is 29.8 Å². The van der Waals surface area contributed by atoms with Gasteiger partial charge in [0.2, 0.25) is 5.91 Å². The number of benzene rings is 1. The number of carbonyl (C=O) groups is 1. The van der Waals surface area contributed by atoms with E-state index < -0.39 is 0 Å². The molecule has 2 bridgehead atoms. The number of ether oxygens (including phenoxy) is 1. The summed E-state index contributed by atoms with van der Waals surface area (Å²) in [5.41, 5.74) is 1.23. The van der Waals surface area contributed by atoms with Crippen LogP contribution in [0.5, 0.6) is 5.75 Å². The maximum absolute atomic E-state index is 11.4. The maximum Gasteiger partial charge on any atom is 0.223 e. The van der Waals surface area contributed by atoms with E-state index in [1.165, 1.54) is 5.56 Å². The minimum Gasteiger partial charge on any atom is -0.496 e. The Morgan fingerprint density at radius 3 is 2.75 bits per heavy atom. The predicted molar refractivity (Wildman–Crippen MR) is 60.4 cm³/mol. The first-order chi connectivity index (χ1) is 7.79. The average molecular weight is 217 g/mol. The van der Waals surface area contributed by atoms with Crippen LogP contribution in [0, 0.1) is 5.92 Å². The van der Waals surface area contributed by atoms with E-state index in [2.05, 4.69) is 11.4 Å². The van der Waals surface area contributed by atoms with Gasteiger partial charge in [0.05, 0.1) is 7.11 Å². The van der Waals surface area contributed by atoms with Crippen LogP contribution in [0.2, 0.25) is 0 Å². The minimum atomic E-state index is 0.222. The fourth-order valence-electron chi connectivity index (χ4n) is 3.03. The van der Waals surface area contributed by atoms with E-state index in [0.717, 1.165) is 18.6 Å². The molecule has 1 aromatic carbocycles. The molecule has 1 N–H and O–H groups in total. The van der Waals surface area contributed by atoms with Crippen molar-refractivity contribution >= 4 is 5.91 Å². The van der Waals surface area contributed by atoms with Gasteiger partial charge in [0, 0.05) is 17.9 Å². The van der Waals surface area contributed by atoms with Crippen LogP contribution in [0.15, 0.2) is 24.3 Å². The molecule has 16 heavy (non-hydrogen) atoms. The van der Waals surface area contributed by atoms with Gasteiger partial charge in [-0.2, -0.15) is 0 Å². The SMILES string of the molecule is COc1ccccc1[C@H]1C[C@H]2C[C@@H]1NC2=O. The molecule has 3 nitrogen and oxygen atoms in total. The fraction of sp³-hybridized carbons (Fsp3) is 0.462. The molecule has 1 aromatic rings. The van der Waals surface area contributed by atoms with Gasteiger partial charge >= 0.3 is 0 Å². The molecule has 0 unspecified atom stereocenters. The Labute approximate surface area is 94.8 Å². The number of piperidine rings is 1. The summed E-state index contributed by atoms with van der Waals surface area (Å²) < 4.78 is 5.38. The topological polar surface area (TPSA) is 38.3 Å². The van der Waals surface area contributed by atoms with Crippen molar-refractivity contribution in [3.63, 3.8) is 0 Å². The molecule has 2 aliphatic rings. The monoisotopic (exact) mass is 217 g/mol. The average Bonchev–Trinajstić information content (AvgIpc) is 2.87. The molecule has 0 aromatic heterocycles. The summed E-state index contributed by atoms with van der Waals surface area (Å²) in [4.78, 5) is 11.4. The van der Waals surface area contributed by atoms with Crippen molar-refractivity contribution in [2.24, 2.45) is 5.92 Å². The highest BCUT2D eigenvalue weighted by Gasteiger charge is 2.46. The Bertz CT molecular complexity index is 430. The highest BCUT2D eigenvalue weighted by Crippen LogP contribution is 2.45. The second-order valence-electron chi connectivity index (χ2n) is 4.63. The van der Waals surface area contributed by atoms with Crippen molar-refractivity contribution in [2.75, 3.05) is 7.11 Å². The maximum atomic E-state index is 11.4. The lowest BCUT2D eigenvalue weighted by molar-refractivity contribution is -0.123. The van der Waals surface area contributed by atoms with E-state index in [0.29, 0.717) is 12.0 Å². The number of fused-ring (bicyclic) bond motifs is 2. The van der Waals surface area contributed by atoms with Crippen LogP contribution in [0.4, 0.5) is 0 Å². The third-order valence-electron chi connectivity index (χ3n) is 3.80. The Balaban J connectivity index is 1.92. The largest absolute Gasteiger partial charge is 0.496 e. The Hall–Kier alpha value is -1.51. The van der Waals surface area contributed by atoms with Gasteiger partial charge in [0.25, 0.3) is 0 Å². The number of carbonyl (C=O) groups excluding carboxylic acids is 1. The minimum absolute atomic E-state index is 0.222. The molecule has 3 atom stereocenters. The molecule has 84 valence electrons. The molecule has 2 fully saturated rings. The molecular weight excluding hydrogens is 202 g/mol. The van der Waals surface area contributed by atoms with Gasteiger partial charge in [-0.3, -0.25) is 4.79 Å². The Morgan fingerprint density at radius 1 is 1.31 bits per heavy atom. The molecule has 3 rings (SSSR count). The third-order valence-corrected chi connectivity index (χ3v) is 3.80. The lowest BCUT2D eigenvalue weighted by atomic mass is 9.90. The van der Waals surface area contributed by atoms with Crippen LogP contribution in [0.1, 0.15) is 24.3 Å². The highest BCUT2D eigenvalue weighted by molar-refractivity contribution is 5.83. The first-order valence-electron chi connectivity index (χ1n) is 5.73. The fourth-order valence-corrected chi connectivity index (χ4v) is 3.03. The van der Waals surface area contributed by atoms with Gasteiger partial charge in [-0.05, 0) is 24.5 Å². The number of hydrogen-bond donors (Lipinski definition) is 1. The lowest BCUT2D eigenvalue weighted by Crippen LogP contribution is -2.35. The summed E-state index contributed by atoms with van der Waals surface area (Å²) in [6.07, 6.45) is 1.96. The van der Waals surface area contributed by atoms with E-state index in [-0.39, 0.29) is 11.8 Å². The Kier molecular flexibility index (Phi) is 2.13. The van der Waals surface area contributed by atoms with Crippen molar-refractivity contribution in [3.8, 4) is 5.75 Å². The molecule has 0 spiro atoms. The van der Waals surface area contributed by atoms with Gasteiger partial charge in [0.15, 0.2) is 0 Å². The summed E-state index contributed by atoms with van der Waals surface area (Å²) in [6, 6.07) is 8.42. The quantitative estimate of drug-likeness (QED) is 0.818. The van der Waals surface area contributed by atoms with Crippen LogP contribution in [-0.4, -0.2) is 19.1 Å². The standard InChI is InChI=1S/C13H15NO2/c1-16-12-5-3-2-4-9(12)10-6-8-7-11(10)14-13(8)15/h2-5,8,10-11H,6-7H2,1H3,(H,14,15)/t8-,10+,11-/m0/s1. The zero-order valence-corrected chi connectivity index (χ0v) is 9.27. The molecule has 1 aliphatic heterocycles. The van der Waals surface area contributed by atoms with Crippen molar-refractivity contribution in [1.82, 2.24) is 5.32 Å². The van der Waals surface area contributed by atoms with E-state index in [1.54, 1.807) is 7.11 Å². The molecule has 3 heteroatoms. The third kappa shape index (κ3) is 1.31. The van der Waals surface area contributed by atoms with Crippen molar-refractivity contribution in [1.29, 1.82) is 0 Å². The normalized spacial score (nSPS) is 31.6. The number of para-hydroxylation sites is 1. The van der Waals surface area contributed by atoms with Crippen LogP contribution in [0.25, 0.3) is 0 Å². The molecule has 1 saturated heterocycles. The summed E-state index contributed by atoms with van der Waals surface area (Å²) >= 11 is 0. The van der Waals surface area contributed by atoms with Gasteiger partial charge in [-0.1, -0.05) is 18.2 Å². The number of rotatable bonds is 2. The zero-order valence-electron chi connectivity index (χ0n) is 9.27. The lowest BCUT2D eigenvalue weighted by Gasteiger charge is -2.24. The molecule has 1 amide bonds. The zero-order chi connectivity index (χ0) is 11.1. The highest BCUT2D eigenvalue weighted by atomic mass is 16.5. The second-order valence-corrected chi connectivity index (χ2v) is 4.63. The van der Waals surface area contributed by atoms with Crippen LogP contribution in [0.3, 0.4) is 0 Å². The van der Waals surface area contributed by atoms with Crippen molar-refractivity contribution in [2.45, 2.75) is 24.8 Å². The summed E-state index contributed by atoms with van der Waals surface area (Å²) in [6.45, 7) is 0. The number of amides is 1. The molecule has 1 heterocycles. The second kappa shape index (κ2) is 3.51. The molecule has 1 aliphatic carbocycles. The number of hydrogen-bond acceptors (Lipinski definition) is 2. The molecule has 0 radical (unpaired) electrons. The van der Waals surface area contributed by atoms with Crippen LogP contribution >= 0.6 is 0 Å². The van der Waals surface area contributed by atoms with E-state index in [4.69, 9.17) is 4.74 Å². The summed E-state index contributed by atoms with van der Waals surface area (Å²) in [7, 11) is 1.70. The number of methoxy groups -OCH3 is 1. The van der Waals surface area contributed by atoms with Crippen molar-refractivity contribution < 1.29 is 9.53 Å². The first kappa shape index (κ1) is 9.70. The smallest absolute Gasteiger partial charge is 0.223 e. The predicted octanol–water partition coefficient (Wildman–Crippen LogP) is 1.69. The van der Waals surface area contributed by atoms with Crippen LogP contribution in [-0.2, 0) is 4.79 Å². The summed E-state index contributed by atoms with van der Waals surface area (Å²) in [5.74, 6) is 1.82. The van der Waals surface area contributed by atoms with Crippen LogP contribution < -0.4 is 10.1 Å². The summed E-state index contributed by atoms with van der Waals surface area (Å²) in [5, 5.41) is 3.06. The van der Waals surface area contributed by atoms with E-state index in [9.17, 15) is 4.79 Å². The van der Waals surface area contributed by atoms with E-state index >= 15 is 0 Å². The molecule has 1 saturated carbocycles. The molecular formula is C13H15NO2. The van der Waals surface area contributed by atoms with Gasteiger partial charge in [-0.15, -0.1) is 0 Å². The van der Waals surface area contributed by atoms with Gasteiger partial charge in [0.1, 0.15) is 5.75 Å². The first-order valence-corrected chi connectivity index (χ1v) is 5.73. The number of nitrogens with one attached hydrogen (secondary N) is 1. The van der Waals surface area contributed by atoms with E-state index in [1.807, 2.05) is 18.2 Å². The van der Waals surface area contributed by atoms with Gasteiger partial charge < -0.3 is 10.1 Å².